The number of amides is 1. The molecule has 0 aliphatic heterocycles. The second kappa shape index (κ2) is 11.4. The predicted octanol–water partition coefficient (Wildman–Crippen LogP) is 6.06. The molecule has 1 amide bonds. The number of para-hydroxylation sites is 1. The van der Waals surface area contributed by atoms with Gasteiger partial charge in [0, 0.05) is 23.1 Å². The Morgan fingerprint density at radius 1 is 0.892 bits per heavy atom. The van der Waals surface area contributed by atoms with Gasteiger partial charge in [0.25, 0.3) is 15.9 Å². The monoisotopic (exact) mass is 534 g/mol. The number of nitrogens with one attached hydrogen (secondary N) is 1. The third-order valence-corrected chi connectivity index (χ3v) is 8.43. The molecule has 0 saturated carbocycles. The molecule has 3 aromatic carbocycles. The Bertz CT molecular complexity index is 1480. The van der Waals surface area contributed by atoms with Crippen LogP contribution in [0.4, 0.5) is 10.7 Å². The predicted molar refractivity (Wildman–Crippen MR) is 147 cm³/mol. The average molecular weight is 535 g/mol. The van der Waals surface area contributed by atoms with E-state index in [1.807, 2.05) is 36.4 Å². The maximum absolute atomic E-state index is 13.2. The zero-order chi connectivity index (χ0) is 26.4. The first-order valence-corrected chi connectivity index (χ1v) is 14.0. The molecule has 9 heteroatoms. The first kappa shape index (κ1) is 26.1. The zero-order valence-electron chi connectivity index (χ0n) is 20.4. The minimum atomic E-state index is -3.81. The molecule has 1 heterocycles. The molecule has 4 aromatic rings. The highest BCUT2D eigenvalue weighted by atomic mass is 32.2. The van der Waals surface area contributed by atoms with E-state index in [0.29, 0.717) is 16.3 Å². The van der Waals surface area contributed by atoms with Crippen molar-refractivity contribution in [2.45, 2.75) is 18.7 Å². The van der Waals surface area contributed by atoms with E-state index in [0.717, 1.165) is 5.56 Å². The third kappa shape index (κ3) is 5.58. The topological polar surface area (TPSA) is 92.8 Å². The number of nitrogens with zero attached hydrogens (tertiary/aromatic N) is 1. The van der Waals surface area contributed by atoms with Crippen molar-refractivity contribution in [3.05, 3.63) is 101 Å². The molecule has 0 aliphatic rings. The number of hydrogen-bond acceptors (Lipinski definition) is 6. The number of anilines is 2. The highest BCUT2D eigenvalue weighted by molar-refractivity contribution is 7.92. The second-order valence-electron chi connectivity index (χ2n) is 7.92. The van der Waals surface area contributed by atoms with Gasteiger partial charge in [-0.15, -0.1) is 11.3 Å². The summed E-state index contributed by atoms with van der Waals surface area (Å²) in [5.74, 6) is -0.994. The van der Waals surface area contributed by atoms with E-state index in [1.54, 1.807) is 43.5 Å². The molecule has 0 aliphatic carbocycles. The molecule has 0 radical (unpaired) electrons. The quantitative estimate of drug-likeness (QED) is 0.264. The SMILES string of the molecule is CCOC(=O)c1c(-c2ccccc2)csc1NC(=O)c1ccc(S(=O)(=O)N(CC)c2ccccc2)cc1. The van der Waals surface area contributed by atoms with Gasteiger partial charge in [-0.2, -0.15) is 0 Å². The van der Waals surface area contributed by atoms with Gasteiger partial charge in [-0.25, -0.2) is 13.2 Å². The van der Waals surface area contributed by atoms with Crippen LogP contribution in [0.15, 0.2) is 95.2 Å². The third-order valence-electron chi connectivity index (χ3n) is 5.62. The molecule has 37 heavy (non-hydrogen) atoms. The minimum absolute atomic E-state index is 0.0736. The summed E-state index contributed by atoms with van der Waals surface area (Å²) in [5, 5.41) is 4.96. The van der Waals surface area contributed by atoms with Gasteiger partial charge in [0.15, 0.2) is 0 Å². The van der Waals surface area contributed by atoms with Crippen LogP contribution < -0.4 is 9.62 Å². The van der Waals surface area contributed by atoms with Crippen molar-refractivity contribution < 1.29 is 22.7 Å². The number of ether oxygens (including phenoxy) is 1. The maximum Gasteiger partial charge on any atom is 0.341 e. The molecule has 7 nitrogen and oxygen atoms in total. The summed E-state index contributed by atoms with van der Waals surface area (Å²) in [6.07, 6.45) is 0. The Hall–Kier alpha value is -3.95. The molecule has 1 aromatic heterocycles. The molecule has 0 spiro atoms. The van der Waals surface area contributed by atoms with Gasteiger partial charge >= 0.3 is 5.97 Å². The molecule has 0 saturated heterocycles. The maximum atomic E-state index is 13.2. The highest BCUT2D eigenvalue weighted by Crippen LogP contribution is 2.36. The molecule has 0 fully saturated rings. The summed E-state index contributed by atoms with van der Waals surface area (Å²) in [6, 6.07) is 23.9. The largest absolute Gasteiger partial charge is 0.462 e. The van der Waals surface area contributed by atoms with Crippen LogP contribution in [0.3, 0.4) is 0 Å². The molecule has 0 bridgehead atoms. The lowest BCUT2D eigenvalue weighted by atomic mass is 10.0. The van der Waals surface area contributed by atoms with E-state index in [1.165, 1.54) is 39.9 Å². The number of hydrogen-bond donors (Lipinski definition) is 1. The number of sulfonamides is 1. The molecule has 1 N–H and O–H groups in total. The van der Waals surface area contributed by atoms with Gasteiger partial charge in [-0.1, -0.05) is 48.5 Å². The van der Waals surface area contributed by atoms with Crippen molar-refractivity contribution in [3.8, 4) is 11.1 Å². The minimum Gasteiger partial charge on any atom is -0.462 e. The number of esters is 1. The van der Waals surface area contributed by atoms with Gasteiger partial charge in [0.1, 0.15) is 10.6 Å². The van der Waals surface area contributed by atoms with Gasteiger partial charge in [0.2, 0.25) is 0 Å². The van der Waals surface area contributed by atoms with Crippen LogP contribution in [-0.4, -0.2) is 33.4 Å². The van der Waals surface area contributed by atoms with Crippen molar-refractivity contribution >= 4 is 43.9 Å². The van der Waals surface area contributed by atoms with Crippen LogP contribution in [0, 0.1) is 0 Å². The summed E-state index contributed by atoms with van der Waals surface area (Å²) < 4.78 is 33.0. The first-order chi connectivity index (χ1) is 17.9. The molecular formula is C28H26N2O5S2. The van der Waals surface area contributed by atoms with Crippen molar-refractivity contribution in [1.29, 1.82) is 0 Å². The zero-order valence-corrected chi connectivity index (χ0v) is 22.0. The normalized spacial score (nSPS) is 11.1. The standard InChI is InChI=1S/C28H26N2O5S2/c1-3-30(22-13-9-6-10-14-22)37(33,34)23-17-15-21(16-18-23)26(31)29-27-25(28(32)35-4-2)24(19-36-27)20-11-7-5-8-12-20/h5-19H,3-4H2,1-2H3,(H,29,31). The van der Waals surface area contributed by atoms with Gasteiger partial charge < -0.3 is 10.1 Å². The molecule has 0 atom stereocenters. The van der Waals surface area contributed by atoms with Crippen LogP contribution in [0.5, 0.6) is 0 Å². The molecule has 4 rings (SSSR count). The van der Waals surface area contributed by atoms with Crippen LogP contribution in [0.2, 0.25) is 0 Å². The van der Waals surface area contributed by atoms with Crippen LogP contribution >= 0.6 is 11.3 Å². The first-order valence-electron chi connectivity index (χ1n) is 11.7. The Labute approximate surface area is 220 Å². The lowest BCUT2D eigenvalue weighted by Crippen LogP contribution is -2.30. The number of carbonyl (C=O) groups is 2. The van der Waals surface area contributed by atoms with Crippen LogP contribution in [0.1, 0.15) is 34.6 Å². The van der Waals surface area contributed by atoms with Crippen LogP contribution in [0.25, 0.3) is 11.1 Å². The fourth-order valence-corrected chi connectivity index (χ4v) is 6.28. The Kier molecular flexibility index (Phi) is 8.05. The van der Waals surface area contributed by atoms with E-state index in [-0.39, 0.29) is 29.2 Å². The van der Waals surface area contributed by atoms with Crippen molar-refractivity contribution in [1.82, 2.24) is 0 Å². The van der Waals surface area contributed by atoms with E-state index in [2.05, 4.69) is 5.32 Å². The van der Waals surface area contributed by atoms with Gasteiger partial charge in [-0.05, 0) is 55.8 Å². The van der Waals surface area contributed by atoms with Crippen LogP contribution in [-0.2, 0) is 14.8 Å². The summed E-state index contributed by atoms with van der Waals surface area (Å²) in [5.41, 5.74) is 2.60. The van der Waals surface area contributed by atoms with E-state index < -0.39 is 21.9 Å². The summed E-state index contributed by atoms with van der Waals surface area (Å²) in [7, 11) is -3.81. The molecule has 190 valence electrons. The summed E-state index contributed by atoms with van der Waals surface area (Å²) >= 11 is 1.22. The molecular weight excluding hydrogens is 508 g/mol. The van der Waals surface area contributed by atoms with Crippen molar-refractivity contribution in [3.63, 3.8) is 0 Å². The highest BCUT2D eigenvalue weighted by Gasteiger charge is 2.25. The lowest BCUT2D eigenvalue weighted by molar-refractivity contribution is 0.0529. The van der Waals surface area contributed by atoms with Gasteiger partial charge in [-0.3, -0.25) is 9.10 Å². The number of thiophene rings is 1. The Morgan fingerprint density at radius 2 is 1.51 bits per heavy atom. The van der Waals surface area contributed by atoms with E-state index in [9.17, 15) is 18.0 Å². The Balaban J connectivity index is 1.59. The number of rotatable bonds is 9. The molecule has 0 unspecified atom stereocenters. The average Bonchev–Trinajstić information content (AvgIpc) is 3.34. The van der Waals surface area contributed by atoms with Gasteiger partial charge in [0.05, 0.1) is 17.2 Å². The lowest BCUT2D eigenvalue weighted by Gasteiger charge is -2.23. The second-order valence-corrected chi connectivity index (χ2v) is 10.7. The Morgan fingerprint density at radius 3 is 2.11 bits per heavy atom. The summed E-state index contributed by atoms with van der Waals surface area (Å²) in [6.45, 7) is 3.94. The number of benzene rings is 3. The smallest absolute Gasteiger partial charge is 0.341 e. The number of carbonyl (C=O) groups excluding carboxylic acids is 2. The fourth-order valence-electron chi connectivity index (χ4n) is 3.85. The fraction of sp³-hybridized carbons (Fsp3) is 0.143. The summed E-state index contributed by atoms with van der Waals surface area (Å²) in [4.78, 5) is 25.9. The van der Waals surface area contributed by atoms with Crippen molar-refractivity contribution in [2.75, 3.05) is 22.8 Å². The van der Waals surface area contributed by atoms with Crippen molar-refractivity contribution in [2.24, 2.45) is 0 Å². The van der Waals surface area contributed by atoms with E-state index in [4.69, 9.17) is 4.74 Å². The van der Waals surface area contributed by atoms with E-state index >= 15 is 0 Å².